The number of ether oxygens (including phenoxy) is 2. The molecule has 0 spiro atoms. The number of hydrogen-bond acceptors (Lipinski definition) is 5. The molecule has 31 heavy (non-hydrogen) atoms. The average molecular weight is 443 g/mol. The summed E-state index contributed by atoms with van der Waals surface area (Å²) >= 11 is 0. The summed E-state index contributed by atoms with van der Waals surface area (Å²) < 4.78 is 11.1. The first-order valence-electron chi connectivity index (χ1n) is 13.0. The normalized spacial score (nSPS) is 22.5. The first kappa shape index (κ1) is 28.6. The lowest BCUT2D eigenvalue weighted by molar-refractivity contribution is -0.0938. The Morgan fingerprint density at radius 3 is 1.81 bits per heavy atom. The van der Waals surface area contributed by atoms with Crippen molar-refractivity contribution in [2.24, 2.45) is 0 Å². The second kappa shape index (κ2) is 20.2. The first-order chi connectivity index (χ1) is 15.2. The molecule has 184 valence electrons. The second-order valence-corrected chi connectivity index (χ2v) is 9.11. The summed E-state index contributed by atoms with van der Waals surface area (Å²) in [6.07, 6.45) is 22.6. The molecule has 0 unspecified atom stereocenters. The van der Waals surface area contributed by atoms with E-state index in [0.29, 0.717) is 6.61 Å². The third-order valence-electron chi connectivity index (χ3n) is 6.29. The van der Waals surface area contributed by atoms with Gasteiger partial charge in [-0.2, -0.15) is 0 Å². The van der Waals surface area contributed by atoms with Crippen LogP contribution in [-0.2, 0) is 9.47 Å². The summed E-state index contributed by atoms with van der Waals surface area (Å²) in [5.74, 6) is 0. The van der Waals surface area contributed by atoms with Crippen LogP contribution in [0.15, 0.2) is 12.2 Å². The Morgan fingerprint density at radius 1 is 0.839 bits per heavy atom. The smallest absolute Gasteiger partial charge is 0.114 e. The van der Waals surface area contributed by atoms with Gasteiger partial charge in [0.05, 0.1) is 13.2 Å². The van der Waals surface area contributed by atoms with Crippen LogP contribution < -0.4 is 0 Å². The summed E-state index contributed by atoms with van der Waals surface area (Å²) in [5, 5.41) is 28.7. The Bertz CT molecular complexity index is 415. The van der Waals surface area contributed by atoms with E-state index in [-0.39, 0.29) is 13.2 Å². The molecule has 1 fully saturated rings. The zero-order chi connectivity index (χ0) is 22.6. The van der Waals surface area contributed by atoms with Crippen LogP contribution in [0.2, 0.25) is 0 Å². The number of hydrogen-bond donors (Lipinski definition) is 3. The molecule has 0 aromatic carbocycles. The minimum Gasteiger partial charge on any atom is -0.394 e. The van der Waals surface area contributed by atoms with E-state index in [9.17, 15) is 10.2 Å². The highest BCUT2D eigenvalue weighted by molar-refractivity contribution is 4.89. The molecule has 3 N–H and O–H groups in total. The number of unbranched alkanes of at least 4 members (excludes halogenated alkanes) is 15. The van der Waals surface area contributed by atoms with Crippen molar-refractivity contribution in [3.63, 3.8) is 0 Å². The van der Waals surface area contributed by atoms with Gasteiger partial charge in [-0.1, -0.05) is 95.6 Å². The standard InChI is InChI=1S/C26H50O5/c1-2-3-4-5-6-7-8-9-10-11-12-13-14-15-16-17-18-19-20-30-26-24(29)22-31-25(26)23(28)21-27/h2-3,23-29H,4-22H2,1H3/b3-2+/t23-,24+,25-,26-/m1/s1. The van der Waals surface area contributed by atoms with Crippen molar-refractivity contribution in [2.75, 3.05) is 19.8 Å². The van der Waals surface area contributed by atoms with Gasteiger partial charge in [0.25, 0.3) is 0 Å². The van der Waals surface area contributed by atoms with Crippen molar-refractivity contribution in [3.8, 4) is 0 Å². The summed E-state index contributed by atoms with van der Waals surface area (Å²) in [6, 6.07) is 0. The maximum Gasteiger partial charge on any atom is 0.114 e. The van der Waals surface area contributed by atoms with Crippen molar-refractivity contribution in [1.82, 2.24) is 0 Å². The highest BCUT2D eigenvalue weighted by Crippen LogP contribution is 2.21. The number of allylic oxidation sites excluding steroid dienone is 2. The number of aliphatic hydroxyl groups excluding tert-OH is 3. The Kier molecular flexibility index (Phi) is 18.6. The molecule has 4 atom stereocenters. The van der Waals surface area contributed by atoms with Crippen LogP contribution in [0.5, 0.6) is 0 Å². The van der Waals surface area contributed by atoms with Gasteiger partial charge in [-0.05, 0) is 26.2 Å². The van der Waals surface area contributed by atoms with E-state index in [1.807, 2.05) is 0 Å². The third kappa shape index (κ3) is 14.3. The molecule has 0 aromatic rings. The zero-order valence-electron chi connectivity index (χ0n) is 20.1. The van der Waals surface area contributed by atoms with E-state index in [2.05, 4.69) is 19.1 Å². The SMILES string of the molecule is C/C=C/CCCCCCCCCCCCCCCCCO[C@H]1[C@@H]([C@H](O)CO)OC[C@@H]1O. The summed E-state index contributed by atoms with van der Waals surface area (Å²) in [4.78, 5) is 0. The van der Waals surface area contributed by atoms with Gasteiger partial charge in [0.2, 0.25) is 0 Å². The Morgan fingerprint density at radius 2 is 1.32 bits per heavy atom. The molecule has 0 saturated carbocycles. The van der Waals surface area contributed by atoms with Crippen LogP contribution in [0.3, 0.4) is 0 Å². The van der Waals surface area contributed by atoms with Crippen LogP contribution in [0, 0.1) is 0 Å². The summed E-state index contributed by atoms with van der Waals surface area (Å²) in [7, 11) is 0. The Labute approximate surface area is 191 Å². The predicted molar refractivity (Wildman–Crippen MR) is 127 cm³/mol. The fraction of sp³-hybridized carbons (Fsp3) is 0.923. The van der Waals surface area contributed by atoms with E-state index in [0.717, 1.165) is 12.8 Å². The van der Waals surface area contributed by atoms with Crippen LogP contribution in [0.1, 0.15) is 110 Å². The monoisotopic (exact) mass is 442 g/mol. The van der Waals surface area contributed by atoms with E-state index in [1.54, 1.807) is 0 Å². The fourth-order valence-electron chi connectivity index (χ4n) is 4.31. The molecule has 1 aliphatic heterocycles. The largest absolute Gasteiger partial charge is 0.394 e. The van der Waals surface area contributed by atoms with Gasteiger partial charge < -0.3 is 24.8 Å². The van der Waals surface area contributed by atoms with Gasteiger partial charge in [-0.15, -0.1) is 0 Å². The van der Waals surface area contributed by atoms with E-state index in [1.165, 1.54) is 89.9 Å². The molecule has 0 bridgehead atoms. The van der Waals surface area contributed by atoms with E-state index in [4.69, 9.17) is 14.6 Å². The number of rotatable bonds is 21. The molecule has 1 saturated heterocycles. The second-order valence-electron chi connectivity index (χ2n) is 9.11. The summed E-state index contributed by atoms with van der Waals surface area (Å²) in [6.45, 7) is 2.44. The third-order valence-corrected chi connectivity index (χ3v) is 6.29. The van der Waals surface area contributed by atoms with E-state index >= 15 is 0 Å². The quantitative estimate of drug-likeness (QED) is 0.166. The minimum atomic E-state index is -1.000. The maximum absolute atomic E-state index is 9.91. The lowest BCUT2D eigenvalue weighted by atomic mass is 10.0. The van der Waals surface area contributed by atoms with Gasteiger partial charge in [0.1, 0.15) is 24.4 Å². The zero-order valence-corrected chi connectivity index (χ0v) is 20.1. The maximum atomic E-state index is 9.91. The first-order valence-corrected chi connectivity index (χ1v) is 13.0. The van der Waals surface area contributed by atoms with E-state index < -0.39 is 24.4 Å². The molecule has 5 heteroatoms. The molecular weight excluding hydrogens is 392 g/mol. The van der Waals surface area contributed by atoms with Crippen molar-refractivity contribution in [3.05, 3.63) is 12.2 Å². The molecular formula is C26H50O5. The van der Waals surface area contributed by atoms with Crippen LogP contribution in [-0.4, -0.2) is 59.6 Å². The molecule has 0 amide bonds. The topological polar surface area (TPSA) is 79.2 Å². The van der Waals surface area contributed by atoms with Gasteiger partial charge in [0.15, 0.2) is 0 Å². The van der Waals surface area contributed by atoms with Crippen molar-refractivity contribution in [2.45, 2.75) is 134 Å². The summed E-state index contributed by atoms with van der Waals surface area (Å²) in [5.41, 5.74) is 0. The van der Waals surface area contributed by atoms with Gasteiger partial charge >= 0.3 is 0 Å². The van der Waals surface area contributed by atoms with Crippen LogP contribution >= 0.6 is 0 Å². The highest BCUT2D eigenvalue weighted by Gasteiger charge is 2.40. The molecule has 0 aromatic heterocycles. The van der Waals surface area contributed by atoms with Gasteiger partial charge in [-0.3, -0.25) is 0 Å². The average Bonchev–Trinajstić information content (AvgIpc) is 3.15. The number of aliphatic hydroxyl groups is 3. The lowest BCUT2D eigenvalue weighted by Gasteiger charge is -2.23. The Balaban J connectivity index is 1.80. The van der Waals surface area contributed by atoms with Gasteiger partial charge in [-0.25, -0.2) is 0 Å². The molecule has 5 nitrogen and oxygen atoms in total. The van der Waals surface area contributed by atoms with Crippen molar-refractivity contribution < 1.29 is 24.8 Å². The minimum absolute atomic E-state index is 0.156. The molecule has 0 radical (unpaired) electrons. The molecule has 0 aliphatic carbocycles. The van der Waals surface area contributed by atoms with Crippen molar-refractivity contribution in [1.29, 1.82) is 0 Å². The molecule has 1 heterocycles. The fourth-order valence-corrected chi connectivity index (χ4v) is 4.31. The lowest BCUT2D eigenvalue weighted by Crippen LogP contribution is -2.42. The molecule has 1 rings (SSSR count). The predicted octanol–water partition coefficient (Wildman–Crippen LogP) is 5.30. The van der Waals surface area contributed by atoms with Crippen LogP contribution in [0.25, 0.3) is 0 Å². The molecule has 1 aliphatic rings. The Hall–Kier alpha value is -0.460. The highest BCUT2D eigenvalue weighted by atomic mass is 16.6. The van der Waals surface area contributed by atoms with Gasteiger partial charge in [0, 0.05) is 6.61 Å². The van der Waals surface area contributed by atoms with Crippen molar-refractivity contribution >= 4 is 0 Å². The van der Waals surface area contributed by atoms with Crippen LogP contribution in [0.4, 0.5) is 0 Å².